The molecular weight excluding hydrogens is 296 g/mol. The van der Waals surface area contributed by atoms with Gasteiger partial charge in [-0.2, -0.15) is 0 Å². The first-order valence-corrected chi connectivity index (χ1v) is 8.80. The van der Waals surface area contributed by atoms with Crippen molar-refractivity contribution in [1.29, 1.82) is 0 Å². The van der Waals surface area contributed by atoms with Gasteiger partial charge in [-0.1, -0.05) is 30.3 Å². The molecule has 1 aliphatic heterocycles. The van der Waals surface area contributed by atoms with Crippen LogP contribution >= 0.6 is 0 Å². The van der Waals surface area contributed by atoms with E-state index in [-0.39, 0.29) is 0 Å². The minimum atomic E-state index is 0.680. The van der Waals surface area contributed by atoms with Gasteiger partial charge >= 0.3 is 0 Å². The van der Waals surface area contributed by atoms with Crippen LogP contribution < -0.4 is 5.32 Å². The van der Waals surface area contributed by atoms with Crippen LogP contribution in [0.25, 0.3) is 5.52 Å². The zero-order valence-electron chi connectivity index (χ0n) is 13.9. The molecule has 3 aromatic rings. The molecule has 3 heterocycles. The van der Waals surface area contributed by atoms with Crippen LogP contribution in [0.15, 0.2) is 61.1 Å². The van der Waals surface area contributed by atoms with Crippen LogP contribution in [-0.4, -0.2) is 33.9 Å². The molecule has 1 aliphatic rings. The van der Waals surface area contributed by atoms with Gasteiger partial charge in [-0.15, -0.1) is 0 Å². The van der Waals surface area contributed by atoms with E-state index in [2.05, 4.69) is 68.3 Å². The van der Waals surface area contributed by atoms with Gasteiger partial charge in [0.05, 0.1) is 5.52 Å². The van der Waals surface area contributed by atoms with Crippen molar-refractivity contribution in [3.63, 3.8) is 0 Å². The Morgan fingerprint density at radius 2 is 2.00 bits per heavy atom. The Hall–Kier alpha value is -2.33. The SMILES string of the molecule is c1ccc(CN2CCCC(CNc3nccn4cccc34)C2)cc1. The summed E-state index contributed by atoms with van der Waals surface area (Å²) in [4.78, 5) is 7.08. The number of fused-ring (bicyclic) bond motifs is 1. The van der Waals surface area contributed by atoms with Gasteiger partial charge < -0.3 is 9.72 Å². The van der Waals surface area contributed by atoms with Gasteiger partial charge in [-0.25, -0.2) is 4.98 Å². The molecule has 4 nitrogen and oxygen atoms in total. The first-order valence-electron chi connectivity index (χ1n) is 8.80. The molecule has 124 valence electrons. The molecule has 0 bridgehead atoms. The maximum atomic E-state index is 4.50. The average molecular weight is 320 g/mol. The summed E-state index contributed by atoms with van der Waals surface area (Å²) in [6, 6.07) is 15.0. The Morgan fingerprint density at radius 3 is 2.92 bits per heavy atom. The normalized spacial score (nSPS) is 18.8. The number of anilines is 1. The smallest absolute Gasteiger partial charge is 0.150 e. The second-order valence-electron chi connectivity index (χ2n) is 6.69. The van der Waals surface area contributed by atoms with E-state index in [1.165, 1.54) is 24.9 Å². The molecule has 1 aromatic carbocycles. The van der Waals surface area contributed by atoms with Crippen LogP contribution in [0.4, 0.5) is 5.82 Å². The van der Waals surface area contributed by atoms with Crippen LogP contribution in [0.3, 0.4) is 0 Å². The highest BCUT2D eigenvalue weighted by atomic mass is 15.1. The van der Waals surface area contributed by atoms with Crippen molar-refractivity contribution in [3.8, 4) is 0 Å². The minimum absolute atomic E-state index is 0.680. The maximum Gasteiger partial charge on any atom is 0.150 e. The van der Waals surface area contributed by atoms with Crippen molar-refractivity contribution >= 4 is 11.3 Å². The van der Waals surface area contributed by atoms with Crippen LogP contribution in [0.2, 0.25) is 0 Å². The van der Waals surface area contributed by atoms with Crippen LogP contribution in [-0.2, 0) is 6.54 Å². The van der Waals surface area contributed by atoms with Gasteiger partial charge in [-0.3, -0.25) is 4.90 Å². The van der Waals surface area contributed by atoms with E-state index in [1.54, 1.807) is 0 Å². The van der Waals surface area contributed by atoms with E-state index in [4.69, 9.17) is 0 Å². The van der Waals surface area contributed by atoms with Crippen molar-refractivity contribution in [2.75, 3.05) is 25.0 Å². The molecule has 4 heteroatoms. The first kappa shape index (κ1) is 15.2. The highest BCUT2D eigenvalue weighted by Crippen LogP contribution is 2.20. The van der Waals surface area contributed by atoms with Crippen molar-refractivity contribution in [3.05, 3.63) is 66.6 Å². The molecule has 4 rings (SSSR count). The molecule has 0 spiro atoms. The lowest BCUT2D eigenvalue weighted by Crippen LogP contribution is -2.37. The summed E-state index contributed by atoms with van der Waals surface area (Å²) in [5, 5.41) is 3.57. The van der Waals surface area contributed by atoms with Gasteiger partial charge in [0.2, 0.25) is 0 Å². The molecule has 24 heavy (non-hydrogen) atoms. The number of nitrogens with one attached hydrogen (secondary N) is 1. The Labute approximate surface area is 143 Å². The molecule has 2 aromatic heterocycles. The van der Waals surface area contributed by atoms with Crippen molar-refractivity contribution < 1.29 is 0 Å². The number of benzene rings is 1. The van der Waals surface area contributed by atoms with Crippen LogP contribution in [0.5, 0.6) is 0 Å². The van der Waals surface area contributed by atoms with Gasteiger partial charge in [0.15, 0.2) is 0 Å². The van der Waals surface area contributed by atoms with E-state index in [1.807, 2.05) is 12.4 Å². The molecule has 0 radical (unpaired) electrons. The van der Waals surface area contributed by atoms with Crippen molar-refractivity contribution in [2.24, 2.45) is 5.92 Å². The average Bonchev–Trinajstić information content (AvgIpc) is 3.10. The Morgan fingerprint density at radius 1 is 1.08 bits per heavy atom. The van der Waals surface area contributed by atoms with Crippen LogP contribution in [0, 0.1) is 5.92 Å². The number of nitrogens with zero attached hydrogens (tertiary/aromatic N) is 3. The van der Waals surface area contributed by atoms with Crippen molar-refractivity contribution in [2.45, 2.75) is 19.4 Å². The summed E-state index contributed by atoms with van der Waals surface area (Å²) in [6.07, 6.45) is 8.48. The number of rotatable bonds is 5. The number of hydrogen-bond donors (Lipinski definition) is 1. The lowest BCUT2D eigenvalue weighted by Gasteiger charge is -2.33. The summed E-state index contributed by atoms with van der Waals surface area (Å²) in [6.45, 7) is 4.41. The molecule has 1 fully saturated rings. The second kappa shape index (κ2) is 7.05. The lowest BCUT2D eigenvalue weighted by molar-refractivity contribution is 0.173. The summed E-state index contributed by atoms with van der Waals surface area (Å²) >= 11 is 0. The predicted molar refractivity (Wildman–Crippen MR) is 98.1 cm³/mol. The molecule has 0 amide bonds. The molecule has 1 N–H and O–H groups in total. The van der Waals surface area contributed by atoms with E-state index in [0.29, 0.717) is 5.92 Å². The van der Waals surface area contributed by atoms with Gasteiger partial charge in [-0.05, 0) is 43.0 Å². The highest BCUT2D eigenvalue weighted by molar-refractivity contribution is 5.67. The topological polar surface area (TPSA) is 32.6 Å². The first-order chi connectivity index (χ1) is 11.9. The quantitative estimate of drug-likeness (QED) is 0.779. The van der Waals surface area contributed by atoms with E-state index in [0.717, 1.165) is 31.0 Å². The van der Waals surface area contributed by atoms with E-state index < -0.39 is 0 Å². The molecule has 1 atom stereocenters. The zero-order chi connectivity index (χ0) is 16.2. The number of piperidine rings is 1. The molecule has 1 unspecified atom stereocenters. The fraction of sp³-hybridized carbons (Fsp3) is 0.350. The van der Waals surface area contributed by atoms with E-state index >= 15 is 0 Å². The summed E-state index contributed by atoms with van der Waals surface area (Å²) < 4.78 is 2.11. The third-order valence-electron chi connectivity index (χ3n) is 4.86. The largest absolute Gasteiger partial charge is 0.368 e. The Balaban J connectivity index is 1.36. The van der Waals surface area contributed by atoms with Crippen molar-refractivity contribution in [1.82, 2.24) is 14.3 Å². The second-order valence-corrected chi connectivity index (χ2v) is 6.69. The molecular formula is C20H24N4. The minimum Gasteiger partial charge on any atom is -0.368 e. The molecule has 1 saturated heterocycles. The standard InChI is InChI=1S/C20H24N4/c1-2-6-17(7-3-1)15-23-11-4-8-18(16-23)14-22-20-19-9-5-12-24(19)13-10-21-20/h1-3,5-7,9-10,12-13,18H,4,8,11,14-16H2,(H,21,22). The molecule has 0 aliphatic carbocycles. The third-order valence-corrected chi connectivity index (χ3v) is 4.86. The summed E-state index contributed by atoms with van der Waals surface area (Å²) in [5.41, 5.74) is 2.56. The summed E-state index contributed by atoms with van der Waals surface area (Å²) in [7, 11) is 0. The Bertz CT molecular complexity index is 780. The lowest BCUT2D eigenvalue weighted by atomic mass is 9.97. The zero-order valence-corrected chi connectivity index (χ0v) is 13.9. The third kappa shape index (κ3) is 3.44. The summed E-state index contributed by atoms with van der Waals surface area (Å²) in [5.74, 6) is 1.67. The van der Waals surface area contributed by atoms with E-state index in [9.17, 15) is 0 Å². The monoisotopic (exact) mass is 320 g/mol. The molecule has 0 saturated carbocycles. The van der Waals surface area contributed by atoms with Crippen LogP contribution in [0.1, 0.15) is 18.4 Å². The number of hydrogen-bond acceptors (Lipinski definition) is 3. The van der Waals surface area contributed by atoms with Gasteiger partial charge in [0.1, 0.15) is 5.82 Å². The van der Waals surface area contributed by atoms with Gasteiger partial charge in [0.25, 0.3) is 0 Å². The fourth-order valence-electron chi connectivity index (χ4n) is 3.65. The number of likely N-dealkylation sites (tertiary alicyclic amines) is 1. The van der Waals surface area contributed by atoms with Gasteiger partial charge in [0, 0.05) is 38.2 Å². The fourth-order valence-corrected chi connectivity index (χ4v) is 3.65. The number of aromatic nitrogens is 2. The Kier molecular flexibility index (Phi) is 4.47. The maximum absolute atomic E-state index is 4.50. The highest BCUT2D eigenvalue weighted by Gasteiger charge is 2.20. The predicted octanol–water partition coefficient (Wildman–Crippen LogP) is 3.66.